The molecule has 1 heterocycles. The monoisotopic (exact) mass is 331 g/mol. The van der Waals surface area contributed by atoms with Gasteiger partial charge in [-0.3, -0.25) is 4.79 Å². The molecular weight excluding hydrogens is 302 g/mol. The number of hydrogen-bond donors (Lipinski definition) is 2. The van der Waals surface area contributed by atoms with Crippen LogP contribution >= 0.6 is 0 Å². The molecule has 24 heavy (non-hydrogen) atoms. The van der Waals surface area contributed by atoms with Gasteiger partial charge in [0.1, 0.15) is 6.04 Å². The molecule has 0 radical (unpaired) electrons. The maximum atomic E-state index is 13.2. The van der Waals surface area contributed by atoms with Crippen molar-refractivity contribution in [1.82, 2.24) is 4.90 Å². The van der Waals surface area contributed by atoms with Crippen LogP contribution in [0.4, 0.5) is 0 Å². The average molecular weight is 331 g/mol. The fraction of sp³-hybridized carbons (Fsp3) is 0.895. The molecule has 5 nitrogen and oxygen atoms in total. The van der Waals surface area contributed by atoms with Crippen molar-refractivity contribution >= 4 is 5.91 Å². The van der Waals surface area contributed by atoms with E-state index in [1.807, 2.05) is 6.92 Å². The molecule has 4 fully saturated rings. The molecule has 7 atom stereocenters. The van der Waals surface area contributed by atoms with Gasteiger partial charge in [-0.2, -0.15) is 5.26 Å². The number of carbonyl (C=O) groups excluding carboxylic acids is 1. The number of fused-ring (bicyclic) bond motifs is 3. The van der Waals surface area contributed by atoms with Crippen molar-refractivity contribution in [1.29, 1.82) is 5.26 Å². The summed E-state index contributed by atoms with van der Waals surface area (Å²) in [5, 5.41) is 20.4. The highest BCUT2D eigenvalue weighted by Gasteiger charge is 2.58. The number of likely N-dealkylation sites (tertiary alicyclic amines) is 1. The van der Waals surface area contributed by atoms with E-state index in [2.05, 4.69) is 6.07 Å². The van der Waals surface area contributed by atoms with Crippen LogP contribution in [0.2, 0.25) is 0 Å². The zero-order valence-corrected chi connectivity index (χ0v) is 14.6. The first-order valence-electron chi connectivity index (χ1n) is 9.61. The Morgan fingerprint density at radius 3 is 2.96 bits per heavy atom. The minimum atomic E-state index is -0.678. The number of rotatable bonds is 3. The number of piperidine rings is 1. The van der Waals surface area contributed by atoms with Gasteiger partial charge >= 0.3 is 0 Å². The van der Waals surface area contributed by atoms with Gasteiger partial charge in [0.15, 0.2) is 0 Å². The third-order valence-corrected chi connectivity index (χ3v) is 7.42. The number of amides is 1. The van der Waals surface area contributed by atoms with Gasteiger partial charge in [0, 0.05) is 6.04 Å². The number of nitriles is 1. The first kappa shape index (κ1) is 16.4. The second-order valence-electron chi connectivity index (χ2n) is 8.95. The molecular formula is C19H29N3O2. The Kier molecular flexibility index (Phi) is 3.71. The average Bonchev–Trinajstić information content (AvgIpc) is 3.23. The second kappa shape index (κ2) is 5.44. The summed E-state index contributed by atoms with van der Waals surface area (Å²) in [5.41, 5.74) is 5.62. The molecule has 3 N–H and O–H groups in total. The molecule has 1 saturated heterocycles. The normalized spacial score (nSPS) is 47.7. The third kappa shape index (κ3) is 2.38. The van der Waals surface area contributed by atoms with E-state index < -0.39 is 11.6 Å². The Hall–Kier alpha value is -1.12. The lowest BCUT2D eigenvalue weighted by Crippen LogP contribution is -2.60. The van der Waals surface area contributed by atoms with Crippen LogP contribution in [0.3, 0.4) is 0 Å². The van der Waals surface area contributed by atoms with Crippen molar-refractivity contribution in [3.05, 3.63) is 0 Å². The predicted octanol–water partition coefficient (Wildman–Crippen LogP) is 1.94. The van der Waals surface area contributed by atoms with Crippen molar-refractivity contribution in [2.75, 3.05) is 0 Å². The van der Waals surface area contributed by atoms with Crippen LogP contribution in [0.1, 0.15) is 64.7 Å². The van der Waals surface area contributed by atoms with Crippen LogP contribution in [-0.4, -0.2) is 39.6 Å². The number of hydrogen-bond acceptors (Lipinski definition) is 4. The highest BCUT2D eigenvalue weighted by molar-refractivity contribution is 5.84. The quantitative estimate of drug-likeness (QED) is 0.827. The smallest absolute Gasteiger partial charge is 0.241 e. The molecule has 1 aliphatic heterocycles. The molecule has 3 saturated carbocycles. The Morgan fingerprint density at radius 1 is 1.46 bits per heavy atom. The van der Waals surface area contributed by atoms with Gasteiger partial charge in [-0.1, -0.05) is 19.8 Å². The zero-order valence-electron chi connectivity index (χ0n) is 14.6. The third-order valence-electron chi connectivity index (χ3n) is 7.42. The van der Waals surface area contributed by atoms with Crippen LogP contribution in [-0.2, 0) is 4.79 Å². The summed E-state index contributed by atoms with van der Waals surface area (Å²) in [6, 6.07) is 1.67. The highest BCUT2D eigenvalue weighted by atomic mass is 16.3. The molecule has 0 spiro atoms. The van der Waals surface area contributed by atoms with Gasteiger partial charge in [-0.15, -0.1) is 0 Å². The Bertz CT molecular complexity index is 588. The van der Waals surface area contributed by atoms with Crippen molar-refractivity contribution in [2.24, 2.45) is 23.0 Å². The van der Waals surface area contributed by atoms with Gasteiger partial charge < -0.3 is 15.7 Å². The molecule has 4 rings (SSSR count). The van der Waals surface area contributed by atoms with Crippen molar-refractivity contribution in [2.45, 2.75) is 88.4 Å². The van der Waals surface area contributed by atoms with Crippen LogP contribution in [0.25, 0.3) is 0 Å². The first-order chi connectivity index (χ1) is 11.4. The standard InChI is InChI=1S/C19H29N3O2/c1-2-19(24)9-12-4-3-5-18(8-12,11-19)16(21)17(23)22-14(10-20)6-13-7-15(13)22/h12-16,24H,2-9,11,21H2,1H3. The Labute approximate surface area is 144 Å². The van der Waals surface area contributed by atoms with Gasteiger partial charge in [0.2, 0.25) is 5.91 Å². The van der Waals surface area contributed by atoms with Crippen molar-refractivity contribution in [3.63, 3.8) is 0 Å². The molecule has 7 unspecified atom stereocenters. The fourth-order valence-electron chi connectivity index (χ4n) is 6.09. The summed E-state index contributed by atoms with van der Waals surface area (Å²) in [6.07, 6.45) is 8.18. The SMILES string of the molecule is CCC1(O)CC2CCCC(C(N)C(=O)N3C(C#N)CC4CC43)(C2)C1. The van der Waals surface area contributed by atoms with Crippen LogP contribution in [0.5, 0.6) is 0 Å². The molecule has 1 amide bonds. The summed E-state index contributed by atoms with van der Waals surface area (Å²) in [7, 11) is 0. The van der Waals surface area contributed by atoms with Gasteiger partial charge in [-0.05, 0) is 62.2 Å². The van der Waals surface area contributed by atoms with E-state index in [0.29, 0.717) is 18.3 Å². The molecule has 5 heteroatoms. The van der Waals surface area contributed by atoms with E-state index >= 15 is 0 Å². The lowest BCUT2D eigenvalue weighted by molar-refractivity contribution is -0.146. The first-order valence-corrected chi connectivity index (χ1v) is 9.61. The molecule has 0 aromatic carbocycles. The topological polar surface area (TPSA) is 90.3 Å². The number of carbonyl (C=O) groups is 1. The molecule has 0 aromatic heterocycles. The second-order valence-corrected chi connectivity index (χ2v) is 8.95. The summed E-state index contributed by atoms with van der Waals surface area (Å²) < 4.78 is 0. The van der Waals surface area contributed by atoms with E-state index in [9.17, 15) is 15.2 Å². The van der Waals surface area contributed by atoms with E-state index in [1.54, 1.807) is 4.90 Å². The van der Waals surface area contributed by atoms with E-state index in [-0.39, 0.29) is 23.4 Å². The van der Waals surface area contributed by atoms with Crippen LogP contribution < -0.4 is 5.73 Å². The summed E-state index contributed by atoms with van der Waals surface area (Å²) in [5.74, 6) is 0.962. The number of aliphatic hydroxyl groups is 1. The Morgan fingerprint density at radius 2 is 2.25 bits per heavy atom. The summed E-state index contributed by atoms with van der Waals surface area (Å²) >= 11 is 0. The van der Waals surface area contributed by atoms with Crippen LogP contribution in [0, 0.1) is 28.6 Å². The fourth-order valence-corrected chi connectivity index (χ4v) is 6.09. The lowest BCUT2D eigenvalue weighted by Gasteiger charge is -2.54. The Balaban J connectivity index is 1.59. The number of nitrogens with two attached hydrogens (primary N) is 1. The maximum Gasteiger partial charge on any atom is 0.241 e. The van der Waals surface area contributed by atoms with E-state index in [4.69, 9.17) is 5.73 Å². The molecule has 3 aliphatic carbocycles. The maximum absolute atomic E-state index is 13.2. The van der Waals surface area contributed by atoms with Crippen molar-refractivity contribution in [3.8, 4) is 6.07 Å². The molecule has 2 bridgehead atoms. The minimum absolute atomic E-state index is 0.0347. The van der Waals surface area contributed by atoms with E-state index in [0.717, 1.165) is 51.4 Å². The minimum Gasteiger partial charge on any atom is -0.390 e. The zero-order chi connectivity index (χ0) is 17.1. The van der Waals surface area contributed by atoms with Gasteiger partial charge in [0.25, 0.3) is 0 Å². The molecule has 4 aliphatic rings. The lowest BCUT2D eigenvalue weighted by atomic mass is 9.54. The largest absolute Gasteiger partial charge is 0.390 e. The molecule has 0 aromatic rings. The van der Waals surface area contributed by atoms with Gasteiger partial charge in [0.05, 0.1) is 17.7 Å². The van der Waals surface area contributed by atoms with E-state index in [1.165, 1.54) is 0 Å². The number of nitrogens with zero attached hydrogens (tertiary/aromatic N) is 2. The van der Waals surface area contributed by atoms with Crippen LogP contribution in [0.15, 0.2) is 0 Å². The highest BCUT2D eigenvalue weighted by Crippen LogP contribution is 2.56. The summed E-state index contributed by atoms with van der Waals surface area (Å²) in [6.45, 7) is 2.03. The van der Waals surface area contributed by atoms with Gasteiger partial charge in [-0.25, -0.2) is 0 Å². The van der Waals surface area contributed by atoms with Crippen molar-refractivity contribution < 1.29 is 9.90 Å². The summed E-state index contributed by atoms with van der Waals surface area (Å²) in [4.78, 5) is 15.0. The molecule has 132 valence electrons. The predicted molar refractivity (Wildman–Crippen MR) is 89.6 cm³/mol.